The van der Waals surface area contributed by atoms with E-state index in [1.165, 1.54) is 6.26 Å². The summed E-state index contributed by atoms with van der Waals surface area (Å²) in [6.07, 6.45) is 3.51. The highest BCUT2D eigenvalue weighted by Crippen LogP contribution is 2.17. The summed E-state index contributed by atoms with van der Waals surface area (Å²) in [7, 11) is 0. The zero-order chi connectivity index (χ0) is 20.8. The monoisotopic (exact) mass is 399 g/mol. The first kappa shape index (κ1) is 20.8. The SMILES string of the molecule is CCCN(CCC)c1cc(C(=O)N2CCN(C(=O)c3ccco3)CC2)nc(C)n1. The van der Waals surface area contributed by atoms with E-state index in [0.29, 0.717) is 43.5 Å². The van der Waals surface area contributed by atoms with Gasteiger partial charge in [-0.3, -0.25) is 9.59 Å². The molecule has 0 spiro atoms. The van der Waals surface area contributed by atoms with Crippen LogP contribution in [0.1, 0.15) is 53.6 Å². The van der Waals surface area contributed by atoms with Gasteiger partial charge in [0.1, 0.15) is 17.3 Å². The van der Waals surface area contributed by atoms with Crippen molar-refractivity contribution in [2.24, 2.45) is 0 Å². The zero-order valence-corrected chi connectivity index (χ0v) is 17.4. The molecule has 0 saturated carbocycles. The first-order valence-electron chi connectivity index (χ1n) is 10.3. The third kappa shape index (κ3) is 4.93. The van der Waals surface area contributed by atoms with Gasteiger partial charge in [-0.2, -0.15) is 0 Å². The van der Waals surface area contributed by atoms with E-state index in [4.69, 9.17) is 4.42 Å². The van der Waals surface area contributed by atoms with Gasteiger partial charge in [-0.1, -0.05) is 13.8 Å². The Balaban J connectivity index is 1.68. The summed E-state index contributed by atoms with van der Waals surface area (Å²) in [5, 5.41) is 0. The average molecular weight is 399 g/mol. The second kappa shape index (κ2) is 9.54. The lowest BCUT2D eigenvalue weighted by atomic mass is 10.2. The van der Waals surface area contributed by atoms with E-state index in [2.05, 4.69) is 28.7 Å². The lowest BCUT2D eigenvalue weighted by Crippen LogP contribution is -2.50. The number of aryl methyl sites for hydroxylation is 1. The summed E-state index contributed by atoms with van der Waals surface area (Å²) in [6, 6.07) is 5.15. The number of furan rings is 1. The van der Waals surface area contributed by atoms with E-state index in [9.17, 15) is 9.59 Å². The van der Waals surface area contributed by atoms with Crippen LogP contribution >= 0.6 is 0 Å². The lowest BCUT2D eigenvalue weighted by molar-refractivity contribution is 0.0515. The maximum atomic E-state index is 13.0. The van der Waals surface area contributed by atoms with Crippen LogP contribution in [0, 0.1) is 6.92 Å². The largest absolute Gasteiger partial charge is 0.459 e. The molecule has 1 fully saturated rings. The molecule has 1 saturated heterocycles. The number of carbonyl (C=O) groups is 2. The standard InChI is InChI=1S/C21H29N5O3/c1-4-8-24(9-5-2)19-15-17(22-16(3)23-19)20(27)25-10-12-26(13-11-25)21(28)18-7-6-14-29-18/h6-7,14-15H,4-5,8-13H2,1-3H3. The highest BCUT2D eigenvalue weighted by atomic mass is 16.3. The van der Waals surface area contributed by atoms with E-state index >= 15 is 0 Å². The predicted octanol–water partition coefficient (Wildman–Crippen LogP) is 2.60. The molecule has 0 N–H and O–H groups in total. The molecule has 3 heterocycles. The van der Waals surface area contributed by atoms with Crippen molar-refractivity contribution >= 4 is 17.6 Å². The van der Waals surface area contributed by atoms with Gasteiger partial charge in [-0.25, -0.2) is 9.97 Å². The summed E-state index contributed by atoms with van der Waals surface area (Å²) in [5.41, 5.74) is 0.413. The molecule has 2 aromatic rings. The number of hydrogen-bond acceptors (Lipinski definition) is 6. The third-order valence-electron chi connectivity index (χ3n) is 4.94. The molecule has 2 amide bonds. The molecule has 0 aliphatic carbocycles. The average Bonchev–Trinajstić information content (AvgIpc) is 3.27. The van der Waals surface area contributed by atoms with Crippen LogP contribution in [0.5, 0.6) is 0 Å². The molecule has 0 aromatic carbocycles. The molecule has 0 unspecified atom stereocenters. The van der Waals surface area contributed by atoms with Gasteiger partial charge in [-0.05, 0) is 31.9 Å². The molecule has 1 aliphatic heterocycles. The predicted molar refractivity (Wildman–Crippen MR) is 110 cm³/mol. The molecular weight excluding hydrogens is 370 g/mol. The first-order chi connectivity index (χ1) is 14.0. The highest BCUT2D eigenvalue weighted by molar-refractivity contribution is 5.94. The minimum atomic E-state index is -0.142. The fraction of sp³-hybridized carbons (Fsp3) is 0.524. The minimum Gasteiger partial charge on any atom is -0.459 e. The van der Waals surface area contributed by atoms with E-state index in [1.807, 2.05) is 6.92 Å². The van der Waals surface area contributed by atoms with Gasteiger partial charge in [0.15, 0.2) is 5.76 Å². The first-order valence-corrected chi connectivity index (χ1v) is 10.3. The van der Waals surface area contributed by atoms with Gasteiger partial charge in [-0.15, -0.1) is 0 Å². The number of amides is 2. The van der Waals surface area contributed by atoms with Crippen LogP contribution in [0.2, 0.25) is 0 Å². The number of hydrogen-bond donors (Lipinski definition) is 0. The molecule has 8 heteroatoms. The molecule has 8 nitrogen and oxygen atoms in total. The third-order valence-corrected chi connectivity index (χ3v) is 4.94. The molecule has 29 heavy (non-hydrogen) atoms. The summed E-state index contributed by atoms with van der Waals surface area (Å²) in [5.74, 6) is 1.46. The fourth-order valence-electron chi connectivity index (χ4n) is 3.53. The Hall–Kier alpha value is -2.90. The number of anilines is 1. The van der Waals surface area contributed by atoms with E-state index in [1.54, 1.807) is 28.0 Å². The lowest BCUT2D eigenvalue weighted by Gasteiger charge is -2.34. The molecular formula is C21H29N5O3. The number of carbonyl (C=O) groups excluding carboxylic acids is 2. The van der Waals surface area contributed by atoms with E-state index in [-0.39, 0.29) is 11.8 Å². The van der Waals surface area contributed by atoms with Gasteiger partial charge >= 0.3 is 0 Å². The molecule has 3 rings (SSSR count). The normalized spacial score (nSPS) is 14.2. The summed E-state index contributed by atoms with van der Waals surface area (Å²) < 4.78 is 5.19. The van der Waals surface area contributed by atoms with Crippen LogP contribution in [0.15, 0.2) is 28.9 Å². The van der Waals surface area contributed by atoms with Crippen molar-refractivity contribution in [2.75, 3.05) is 44.2 Å². The summed E-state index contributed by atoms with van der Waals surface area (Å²) in [4.78, 5) is 40.0. The van der Waals surface area contributed by atoms with E-state index in [0.717, 1.165) is 31.7 Å². The van der Waals surface area contributed by atoms with Crippen molar-refractivity contribution in [1.82, 2.24) is 19.8 Å². The Kier molecular flexibility index (Phi) is 6.85. The van der Waals surface area contributed by atoms with Crippen molar-refractivity contribution in [3.63, 3.8) is 0 Å². The van der Waals surface area contributed by atoms with Crippen molar-refractivity contribution < 1.29 is 14.0 Å². The van der Waals surface area contributed by atoms with Gasteiger partial charge in [0.05, 0.1) is 6.26 Å². The van der Waals surface area contributed by atoms with Crippen LogP contribution < -0.4 is 4.90 Å². The van der Waals surface area contributed by atoms with Gasteiger partial charge < -0.3 is 19.1 Å². The van der Waals surface area contributed by atoms with Crippen LogP contribution in [0.4, 0.5) is 5.82 Å². The molecule has 156 valence electrons. The molecule has 0 bridgehead atoms. The number of aromatic nitrogens is 2. The van der Waals surface area contributed by atoms with Crippen LogP contribution in [-0.4, -0.2) is 70.9 Å². The molecule has 0 atom stereocenters. The number of nitrogens with zero attached hydrogens (tertiary/aromatic N) is 5. The van der Waals surface area contributed by atoms with Crippen molar-refractivity contribution in [1.29, 1.82) is 0 Å². The number of rotatable bonds is 7. The Bertz CT molecular complexity index is 823. The van der Waals surface area contributed by atoms with Gasteiger partial charge in [0, 0.05) is 45.3 Å². The highest BCUT2D eigenvalue weighted by Gasteiger charge is 2.27. The number of piperazine rings is 1. The topological polar surface area (TPSA) is 82.8 Å². The van der Waals surface area contributed by atoms with Gasteiger partial charge in [0.25, 0.3) is 11.8 Å². The second-order valence-electron chi connectivity index (χ2n) is 7.21. The molecule has 1 aliphatic rings. The van der Waals surface area contributed by atoms with Gasteiger partial charge in [0.2, 0.25) is 0 Å². The maximum absolute atomic E-state index is 13.0. The minimum absolute atomic E-state index is 0.116. The maximum Gasteiger partial charge on any atom is 0.289 e. The van der Waals surface area contributed by atoms with Crippen molar-refractivity contribution in [2.45, 2.75) is 33.6 Å². The smallest absolute Gasteiger partial charge is 0.289 e. The van der Waals surface area contributed by atoms with Crippen molar-refractivity contribution in [3.8, 4) is 0 Å². The Labute approximate surface area is 171 Å². The van der Waals surface area contributed by atoms with Crippen LogP contribution in [0.3, 0.4) is 0 Å². The van der Waals surface area contributed by atoms with Crippen molar-refractivity contribution in [3.05, 3.63) is 41.7 Å². The second-order valence-corrected chi connectivity index (χ2v) is 7.21. The summed E-state index contributed by atoms with van der Waals surface area (Å²) >= 11 is 0. The Morgan fingerprint density at radius 1 is 1.03 bits per heavy atom. The quantitative estimate of drug-likeness (QED) is 0.712. The van der Waals surface area contributed by atoms with Crippen LogP contribution in [0.25, 0.3) is 0 Å². The summed E-state index contributed by atoms with van der Waals surface area (Å²) in [6.45, 7) is 9.75. The Morgan fingerprint density at radius 2 is 1.66 bits per heavy atom. The zero-order valence-electron chi connectivity index (χ0n) is 17.4. The Morgan fingerprint density at radius 3 is 2.21 bits per heavy atom. The van der Waals surface area contributed by atoms with Crippen LogP contribution in [-0.2, 0) is 0 Å². The molecule has 2 aromatic heterocycles. The van der Waals surface area contributed by atoms with E-state index < -0.39 is 0 Å². The fourth-order valence-corrected chi connectivity index (χ4v) is 3.53. The molecule has 0 radical (unpaired) electrons.